The quantitative estimate of drug-likeness (QED) is 0.850. The highest BCUT2D eigenvalue weighted by Crippen LogP contribution is 2.28. The van der Waals surface area contributed by atoms with Crippen LogP contribution in [0.1, 0.15) is 42.1 Å². The lowest BCUT2D eigenvalue weighted by molar-refractivity contribution is 0.0526. The fraction of sp³-hybridized carbons (Fsp3) is 0.579. The first kappa shape index (κ1) is 17.7. The molecule has 2 unspecified atom stereocenters. The van der Waals surface area contributed by atoms with Crippen molar-refractivity contribution in [2.24, 2.45) is 0 Å². The van der Waals surface area contributed by atoms with Gasteiger partial charge in [-0.15, -0.1) is 0 Å². The molecule has 0 spiro atoms. The third-order valence-electron chi connectivity index (χ3n) is 5.34. The third kappa shape index (κ3) is 4.12. The van der Waals surface area contributed by atoms with Gasteiger partial charge in [0.1, 0.15) is 0 Å². The maximum absolute atomic E-state index is 12.5. The zero-order chi connectivity index (χ0) is 17.8. The van der Waals surface area contributed by atoms with Crippen molar-refractivity contribution in [1.29, 1.82) is 0 Å². The molecule has 6 heteroatoms. The van der Waals surface area contributed by atoms with Crippen LogP contribution in [0.15, 0.2) is 24.3 Å². The lowest BCUT2D eigenvalue weighted by Gasteiger charge is -2.26. The van der Waals surface area contributed by atoms with E-state index >= 15 is 0 Å². The van der Waals surface area contributed by atoms with Gasteiger partial charge in [0, 0.05) is 31.7 Å². The average Bonchev–Trinajstić information content (AvgIpc) is 2.85. The molecule has 2 atom stereocenters. The number of carbonyl (C=O) groups is 2. The molecule has 3 rings (SSSR count). The normalized spacial score (nSPS) is 23.2. The SMILES string of the molecule is CCOC(=O)c1ccc(CNC(=O)N2CCC3CCC(C2)N3C)cc1. The van der Waals surface area contributed by atoms with Gasteiger partial charge in [-0.05, 0) is 50.9 Å². The van der Waals surface area contributed by atoms with Gasteiger partial charge in [-0.1, -0.05) is 12.1 Å². The summed E-state index contributed by atoms with van der Waals surface area (Å²) in [5.74, 6) is -0.318. The van der Waals surface area contributed by atoms with E-state index in [4.69, 9.17) is 4.74 Å². The van der Waals surface area contributed by atoms with Crippen molar-refractivity contribution in [3.63, 3.8) is 0 Å². The van der Waals surface area contributed by atoms with E-state index < -0.39 is 0 Å². The predicted molar refractivity (Wildman–Crippen MR) is 95.4 cm³/mol. The van der Waals surface area contributed by atoms with E-state index in [0.717, 1.165) is 25.1 Å². The van der Waals surface area contributed by atoms with Crippen LogP contribution in [-0.4, -0.2) is 60.6 Å². The highest BCUT2D eigenvalue weighted by Gasteiger charge is 2.35. The maximum atomic E-state index is 12.5. The summed E-state index contributed by atoms with van der Waals surface area (Å²) in [5, 5.41) is 3.00. The number of amides is 2. The molecule has 2 aliphatic rings. The van der Waals surface area contributed by atoms with Gasteiger partial charge in [-0.2, -0.15) is 0 Å². The maximum Gasteiger partial charge on any atom is 0.338 e. The molecule has 2 bridgehead atoms. The molecule has 2 heterocycles. The Kier molecular flexibility index (Phi) is 5.58. The molecule has 2 saturated heterocycles. The molecule has 0 saturated carbocycles. The largest absolute Gasteiger partial charge is 0.462 e. The van der Waals surface area contributed by atoms with Gasteiger partial charge in [-0.3, -0.25) is 4.90 Å². The Morgan fingerprint density at radius 3 is 2.60 bits per heavy atom. The molecule has 1 aromatic carbocycles. The molecule has 25 heavy (non-hydrogen) atoms. The first-order chi connectivity index (χ1) is 12.1. The van der Waals surface area contributed by atoms with Crippen molar-refractivity contribution < 1.29 is 14.3 Å². The van der Waals surface area contributed by atoms with Crippen LogP contribution in [0.2, 0.25) is 0 Å². The topological polar surface area (TPSA) is 61.9 Å². The summed E-state index contributed by atoms with van der Waals surface area (Å²) >= 11 is 0. The third-order valence-corrected chi connectivity index (χ3v) is 5.34. The number of nitrogens with one attached hydrogen (secondary N) is 1. The van der Waals surface area contributed by atoms with Crippen molar-refractivity contribution in [2.75, 3.05) is 26.7 Å². The van der Waals surface area contributed by atoms with E-state index in [1.807, 2.05) is 17.0 Å². The summed E-state index contributed by atoms with van der Waals surface area (Å²) in [5.41, 5.74) is 1.50. The number of hydrogen-bond donors (Lipinski definition) is 1. The molecule has 6 nitrogen and oxygen atoms in total. The summed E-state index contributed by atoms with van der Waals surface area (Å²) in [4.78, 5) is 28.5. The van der Waals surface area contributed by atoms with E-state index in [2.05, 4.69) is 17.3 Å². The standard InChI is InChI=1S/C19H27N3O3/c1-3-25-18(23)15-6-4-14(5-7-15)12-20-19(24)22-11-10-16-8-9-17(13-22)21(16)2/h4-7,16-17H,3,8-13H2,1-2H3,(H,20,24). The second-order valence-electron chi connectivity index (χ2n) is 6.86. The zero-order valence-electron chi connectivity index (χ0n) is 15.0. The van der Waals surface area contributed by atoms with Gasteiger partial charge in [0.25, 0.3) is 0 Å². The van der Waals surface area contributed by atoms with Gasteiger partial charge >= 0.3 is 12.0 Å². The van der Waals surface area contributed by atoms with Gasteiger partial charge in [-0.25, -0.2) is 9.59 Å². The second-order valence-corrected chi connectivity index (χ2v) is 6.86. The second kappa shape index (κ2) is 7.87. The van der Waals surface area contributed by atoms with Crippen molar-refractivity contribution in [1.82, 2.24) is 15.1 Å². The highest BCUT2D eigenvalue weighted by molar-refractivity contribution is 5.89. The van der Waals surface area contributed by atoms with E-state index in [1.54, 1.807) is 19.1 Å². The van der Waals surface area contributed by atoms with Crippen molar-refractivity contribution >= 4 is 12.0 Å². The summed E-state index contributed by atoms with van der Waals surface area (Å²) in [6.07, 6.45) is 3.48. The summed E-state index contributed by atoms with van der Waals surface area (Å²) in [6.45, 7) is 4.24. The number of likely N-dealkylation sites (N-methyl/N-ethyl adjacent to an activating group) is 1. The number of fused-ring (bicyclic) bond motifs is 2. The lowest BCUT2D eigenvalue weighted by atomic mass is 10.1. The number of likely N-dealkylation sites (tertiary alicyclic amines) is 1. The van der Waals surface area contributed by atoms with E-state index in [-0.39, 0.29) is 12.0 Å². The number of carbonyl (C=O) groups excluding carboxylic acids is 2. The Morgan fingerprint density at radius 2 is 1.88 bits per heavy atom. The zero-order valence-corrected chi connectivity index (χ0v) is 15.0. The minimum atomic E-state index is -0.318. The molecule has 1 aromatic rings. The summed E-state index contributed by atoms with van der Waals surface area (Å²) < 4.78 is 4.97. The fourth-order valence-electron chi connectivity index (χ4n) is 3.76. The number of ether oxygens (including phenoxy) is 1. The molecular formula is C19H27N3O3. The minimum absolute atomic E-state index is 0.00424. The number of rotatable bonds is 4. The number of urea groups is 1. The van der Waals surface area contributed by atoms with Crippen LogP contribution in [0.4, 0.5) is 4.79 Å². The van der Waals surface area contributed by atoms with Crippen molar-refractivity contribution in [3.8, 4) is 0 Å². The van der Waals surface area contributed by atoms with Crippen molar-refractivity contribution in [2.45, 2.75) is 44.8 Å². The smallest absolute Gasteiger partial charge is 0.338 e. The van der Waals surface area contributed by atoms with Gasteiger partial charge < -0.3 is 15.0 Å². The van der Waals surface area contributed by atoms with Crippen LogP contribution in [0.25, 0.3) is 0 Å². The molecule has 2 aliphatic heterocycles. The van der Waals surface area contributed by atoms with Gasteiger partial charge in [0.05, 0.1) is 12.2 Å². The summed E-state index contributed by atoms with van der Waals surface area (Å²) in [7, 11) is 2.18. The number of benzene rings is 1. The molecule has 2 amide bonds. The molecule has 2 fully saturated rings. The number of esters is 1. The minimum Gasteiger partial charge on any atom is -0.462 e. The average molecular weight is 345 g/mol. The van der Waals surface area contributed by atoms with E-state index in [0.29, 0.717) is 30.8 Å². The van der Waals surface area contributed by atoms with Gasteiger partial charge in [0.2, 0.25) is 0 Å². The molecule has 0 aromatic heterocycles. The molecule has 136 valence electrons. The van der Waals surface area contributed by atoms with Crippen LogP contribution in [0.5, 0.6) is 0 Å². The Hall–Kier alpha value is -2.08. The summed E-state index contributed by atoms with van der Waals surface area (Å²) in [6, 6.07) is 8.28. The van der Waals surface area contributed by atoms with Crippen LogP contribution >= 0.6 is 0 Å². The van der Waals surface area contributed by atoms with E-state index in [1.165, 1.54) is 12.8 Å². The number of nitrogens with zero attached hydrogens (tertiary/aromatic N) is 2. The molecular weight excluding hydrogens is 318 g/mol. The first-order valence-electron chi connectivity index (χ1n) is 9.09. The molecule has 0 radical (unpaired) electrons. The molecule has 1 N–H and O–H groups in total. The monoisotopic (exact) mass is 345 g/mol. The van der Waals surface area contributed by atoms with E-state index in [9.17, 15) is 9.59 Å². The van der Waals surface area contributed by atoms with Crippen molar-refractivity contribution in [3.05, 3.63) is 35.4 Å². The lowest BCUT2D eigenvalue weighted by Crippen LogP contribution is -2.44. The fourth-order valence-corrected chi connectivity index (χ4v) is 3.76. The van der Waals surface area contributed by atoms with Crippen LogP contribution in [0, 0.1) is 0 Å². The highest BCUT2D eigenvalue weighted by atomic mass is 16.5. The van der Waals surface area contributed by atoms with Gasteiger partial charge in [0.15, 0.2) is 0 Å². The first-order valence-corrected chi connectivity index (χ1v) is 9.09. The number of hydrogen-bond acceptors (Lipinski definition) is 4. The van der Waals surface area contributed by atoms with Crippen LogP contribution in [0.3, 0.4) is 0 Å². The molecule has 0 aliphatic carbocycles. The van der Waals surface area contributed by atoms with Crippen LogP contribution < -0.4 is 5.32 Å². The Morgan fingerprint density at radius 1 is 1.16 bits per heavy atom. The Labute approximate surface area is 149 Å². The Bertz CT molecular complexity index is 617. The predicted octanol–water partition coefficient (Wildman–Crippen LogP) is 2.24. The van der Waals surface area contributed by atoms with Crippen LogP contribution in [-0.2, 0) is 11.3 Å². The Balaban J connectivity index is 1.51.